The first-order valence-corrected chi connectivity index (χ1v) is 6.10. The van der Waals surface area contributed by atoms with Gasteiger partial charge in [-0.1, -0.05) is 0 Å². The molecule has 0 aromatic carbocycles. The van der Waals surface area contributed by atoms with E-state index in [1.54, 1.807) is 0 Å². The van der Waals surface area contributed by atoms with Crippen LogP contribution in [0.25, 0.3) is 0 Å². The number of likely N-dealkylation sites (tertiary alicyclic amines) is 1. The van der Waals surface area contributed by atoms with Crippen molar-refractivity contribution in [1.82, 2.24) is 14.7 Å². The van der Waals surface area contributed by atoms with Crippen LogP contribution in [0.5, 0.6) is 0 Å². The maximum atomic E-state index is 11.9. The largest absolute Gasteiger partial charge is 0.341 e. The Labute approximate surface area is 102 Å². The molecule has 0 radical (unpaired) electrons. The van der Waals surface area contributed by atoms with Gasteiger partial charge in [-0.2, -0.15) is 5.10 Å². The van der Waals surface area contributed by atoms with Crippen LogP contribution in [-0.4, -0.2) is 39.7 Å². The maximum Gasteiger partial charge on any atom is 0.224 e. The van der Waals surface area contributed by atoms with E-state index in [0.29, 0.717) is 19.5 Å². The second-order valence-electron chi connectivity index (χ2n) is 4.79. The van der Waals surface area contributed by atoms with Crippen molar-refractivity contribution >= 4 is 5.91 Å². The van der Waals surface area contributed by atoms with E-state index in [0.717, 1.165) is 24.4 Å². The second kappa shape index (κ2) is 4.87. The van der Waals surface area contributed by atoms with Crippen molar-refractivity contribution in [1.29, 1.82) is 0 Å². The first-order valence-electron chi connectivity index (χ1n) is 6.10. The predicted octanol–water partition coefficient (Wildman–Crippen LogP) is 0.450. The highest BCUT2D eigenvalue weighted by molar-refractivity contribution is 5.76. The smallest absolute Gasteiger partial charge is 0.224 e. The van der Waals surface area contributed by atoms with Crippen molar-refractivity contribution in [3.63, 3.8) is 0 Å². The van der Waals surface area contributed by atoms with Gasteiger partial charge in [0, 0.05) is 37.8 Å². The highest BCUT2D eigenvalue weighted by Gasteiger charge is 2.23. The lowest BCUT2D eigenvalue weighted by Crippen LogP contribution is -2.32. The highest BCUT2D eigenvalue weighted by atomic mass is 16.2. The molecule has 2 rings (SSSR count). The summed E-state index contributed by atoms with van der Waals surface area (Å²) in [5.41, 5.74) is 7.89. The normalized spacial score (nSPS) is 19.9. The number of aromatic nitrogens is 2. The molecule has 0 bridgehead atoms. The van der Waals surface area contributed by atoms with Gasteiger partial charge in [-0.15, -0.1) is 0 Å². The van der Waals surface area contributed by atoms with E-state index in [1.807, 2.05) is 29.5 Å². The number of carbonyl (C=O) groups is 1. The van der Waals surface area contributed by atoms with Gasteiger partial charge in [0.25, 0.3) is 0 Å². The number of hydrogen-bond donors (Lipinski definition) is 1. The molecule has 0 aliphatic carbocycles. The van der Waals surface area contributed by atoms with Crippen molar-refractivity contribution < 1.29 is 4.79 Å². The maximum absolute atomic E-state index is 11.9. The minimum Gasteiger partial charge on any atom is -0.341 e. The number of amides is 1. The van der Waals surface area contributed by atoms with E-state index in [4.69, 9.17) is 5.73 Å². The van der Waals surface area contributed by atoms with E-state index in [2.05, 4.69) is 5.10 Å². The minimum atomic E-state index is 0.160. The quantitative estimate of drug-likeness (QED) is 0.828. The molecule has 2 N–H and O–H groups in total. The molecule has 1 amide bonds. The van der Waals surface area contributed by atoms with Crippen LogP contribution in [-0.2, 0) is 11.3 Å². The van der Waals surface area contributed by atoms with Gasteiger partial charge in [0.2, 0.25) is 5.91 Å². The summed E-state index contributed by atoms with van der Waals surface area (Å²) < 4.78 is 1.89. The number of aryl methyl sites for hydroxylation is 3. The van der Waals surface area contributed by atoms with Gasteiger partial charge < -0.3 is 10.6 Å². The Kier molecular flexibility index (Phi) is 3.47. The fourth-order valence-electron chi connectivity index (χ4n) is 2.27. The van der Waals surface area contributed by atoms with E-state index >= 15 is 0 Å². The van der Waals surface area contributed by atoms with Crippen molar-refractivity contribution in [2.45, 2.75) is 39.3 Å². The molecule has 1 aliphatic rings. The third-order valence-electron chi connectivity index (χ3n) is 3.22. The zero-order valence-electron chi connectivity index (χ0n) is 10.5. The molecule has 1 atom stereocenters. The molecule has 1 saturated heterocycles. The Bertz CT molecular complexity index is 413. The molecule has 1 aliphatic heterocycles. The lowest BCUT2D eigenvalue weighted by molar-refractivity contribution is -0.130. The molecule has 5 nitrogen and oxygen atoms in total. The van der Waals surface area contributed by atoms with Gasteiger partial charge in [0.05, 0.1) is 5.69 Å². The summed E-state index contributed by atoms with van der Waals surface area (Å²) in [4.78, 5) is 13.8. The molecule has 1 aromatic rings. The van der Waals surface area contributed by atoms with Crippen molar-refractivity contribution in [2.75, 3.05) is 13.1 Å². The van der Waals surface area contributed by atoms with Crippen LogP contribution >= 0.6 is 0 Å². The monoisotopic (exact) mass is 236 g/mol. The van der Waals surface area contributed by atoms with Crippen LogP contribution in [0, 0.1) is 13.8 Å². The molecular formula is C12H20N4O. The number of nitrogens with two attached hydrogens (primary N) is 1. The first kappa shape index (κ1) is 12.1. The highest BCUT2D eigenvalue weighted by Crippen LogP contribution is 2.10. The van der Waals surface area contributed by atoms with Gasteiger partial charge in [-0.05, 0) is 26.3 Å². The molecule has 5 heteroatoms. The van der Waals surface area contributed by atoms with E-state index in [-0.39, 0.29) is 11.9 Å². The summed E-state index contributed by atoms with van der Waals surface area (Å²) in [5.74, 6) is 0.186. The van der Waals surface area contributed by atoms with E-state index < -0.39 is 0 Å². The molecule has 0 unspecified atom stereocenters. The Morgan fingerprint density at radius 3 is 2.88 bits per heavy atom. The summed E-state index contributed by atoms with van der Waals surface area (Å²) in [6.45, 7) is 6.14. The Hall–Kier alpha value is -1.36. The lowest BCUT2D eigenvalue weighted by atomic mass is 10.3. The lowest BCUT2D eigenvalue weighted by Gasteiger charge is -2.15. The number of nitrogens with zero attached hydrogens (tertiary/aromatic N) is 3. The van der Waals surface area contributed by atoms with Crippen molar-refractivity contribution in [3.8, 4) is 0 Å². The summed E-state index contributed by atoms with van der Waals surface area (Å²) in [7, 11) is 0. The summed E-state index contributed by atoms with van der Waals surface area (Å²) >= 11 is 0. The fraction of sp³-hybridized carbons (Fsp3) is 0.667. The van der Waals surface area contributed by atoms with E-state index in [9.17, 15) is 4.79 Å². The molecule has 17 heavy (non-hydrogen) atoms. The SMILES string of the molecule is Cc1cc(C)n(CCC(=O)N2CC[C@H](N)C2)n1. The molecule has 1 fully saturated rings. The van der Waals surface area contributed by atoms with E-state index in [1.165, 1.54) is 0 Å². The van der Waals surface area contributed by atoms with Crippen LogP contribution in [0.3, 0.4) is 0 Å². The van der Waals surface area contributed by atoms with Gasteiger partial charge in [0.15, 0.2) is 0 Å². The molecular weight excluding hydrogens is 216 g/mol. The van der Waals surface area contributed by atoms with Gasteiger partial charge in [0.1, 0.15) is 0 Å². The average Bonchev–Trinajstić information content (AvgIpc) is 2.82. The fourth-order valence-corrected chi connectivity index (χ4v) is 2.27. The van der Waals surface area contributed by atoms with Crippen LogP contribution in [0.4, 0.5) is 0 Å². The molecule has 94 valence electrons. The van der Waals surface area contributed by atoms with Crippen LogP contribution in [0.1, 0.15) is 24.2 Å². The van der Waals surface area contributed by atoms with Gasteiger partial charge in [-0.25, -0.2) is 0 Å². The molecule has 1 aromatic heterocycles. The van der Waals surface area contributed by atoms with Crippen LogP contribution in [0.2, 0.25) is 0 Å². The zero-order valence-corrected chi connectivity index (χ0v) is 10.5. The number of hydrogen-bond acceptors (Lipinski definition) is 3. The van der Waals surface area contributed by atoms with Gasteiger partial charge in [-0.3, -0.25) is 9.48 Å². The topological polar surface area (TPSA) is 64.2 Å². The number of carbonyl (C=O) groups excluding carboxylic acids is 1. The predicted molar refractivity (Wildman–Crippen MR) is 65.5 cm³/mol. The average molecular weight is 236 g/mol. The van der Waals surface area contributed by atoms with Crippen LogP contribution < -0.4 is 5.73 Å². The van der Waals surface area contributed by atoms with Gasteiger partial charge >= 0.3 is 0 Å². The third kappa shape index (κ3) is 2.85. The van der Waals surface area contributed by atoms with Crippen molar-refractivity contribution in [2.24, 2.45) is 5.73 Å². The van der Waals surface area contributed by atoms with Crippen molar-refractivity contribution in [3.05, 3.63) is 17.5 Å². The minimum absolute atomic E-state index is 0.160. The summed E-state index contributed by atoms with van der Waals surface area (Å²) in [6.07, 6.45) is 1.43. The standard InChI is InChI=1S/C12H20N4O/c1-9-7-10(2)16(14-9)6-4-12(17)15-5-3-11(13)8-15/h7,11H,3-6,8,13H2,1-2H3/t11-/m0/s1. The Morgan fingerprint density at radius 1 is 1.59 bits per heavy atom. The Balaban J connectivity index is 1.86. The Morgan fingerprint density at radius 2 is 2.35 bits per heavy atom. The second-order valence-corrected chi connectivity index (χ2v) is 4.79. The first-order chi connectivity index (χ1) is 8.06. The molecule has 2 heterocycles. The van der Waals surface area contributed by atoms with Crippen LogP contribution in [0.15, 0.2) is 6.07 Å². The summed E-state index contributed by atoms with van der Waals surface area (Å²) in [6, 6.07) is 2.18. The third-order valence-corrected chi connectivity index (χ3v) is 3.22. The summed E-state index contributed by atoms with van der Waals surface area (Å²) in [5, 5.41) is 4.34. The number of rotatable bonds is 3. The molecule has 0 saturated carbocycles. The molecule has 0 spiro atoms. The zero-order chi connectivity index (χ0) is 12.4.